The number of rotatable bonds is 7. The monoisotopic (exact) mass is 278 g/mol. The first kappa shape index (κ1) is 15.9. The molecule has 1 rings (SSSR count). The van der Waals surface area contributed by atoms with Crippen LogP contribution in [0.1, 0.15) is 44.9 Å². The van der Waals surface area contributed by atoms with Gasteiger partial charge in [0.15, 0.2) is 0 Å². The molecule has 0 aromatic rings. The summed E-state index contributed by atoms with van der Waals surface area (Å²) in [7, 11) is -1.17. The van der Waals surface area contributed by atoms with E-state index in [1.54, 1.807) is 7.11 Å². The maximum absolute atomic E-state index is 11.1. The molecule has 1 saturated carbocycles. The summed E-state index contributed by atoms with van der Waals surface area (Å²) in [6.07, 6.45) is 8.16. The van der Waals surface area contributed by atoms with Gasteiger partial charge in [0.2, 0.25) is 0 Å². The van der Waals surface area contributed by atoms with Crippen molar-refractivity contribution in [3.05, 3.63) is 0 Å². The number of nitrogens with two attached hydrogens (primary N) is 1. The lowest BCUT2D eigenvalue weighted by Gasteiger charge is -2.42. The zero-order valence-electron chi connectivity index (χ0n) is 11.4. The zero-order chi connectivity index (χ0) is 13.6. The third-order valence-electron chi connectivity index (χ3n) is 3.95. The summed E-state index contributed by atoms with van der Waals surface area (Å²) in [5.41, 5.74) is 2.61. The van der Waals surface area contributed by atoms with Crippen LogP contribution in [0.15, 0.2) is 0 Å². The average molecular weight is 278 g/mol. The minimum absolute atomic E-state index is 0.0320. The van der Waals surface area contributed by atoms with Crippen LogP contribution in [-0.2, 0) is 14.6 Å². The average Bonchev–Trinajstić information content (AvgIpc) is 2.34. The first-order chi connectivity index (χ1) is 8.43. The van der Waals surface area contributed by atoms with Gasteiger partial charge in [-0.2, -0.15) is 0 Å². The molecule has 0 heterocycles. The van der Waals surface area contributed by atoms with Crippen molar-refractivity contribution in [2.24, 2.45) is 5.84 Å². The van der Waals surface area contributed by atoms with E-state index in [0.29, 0.717) is 6.42 Å². The van der Waals surface area contributed by atoms with Crippen LogP contribution in [-0.4, -0.2) is 39.2 Å². The van der Waals surface area contributed by atoms with Crippen LogP contribution in [0.25, 0.3) is 0 Å². The van der Waals surface area contributed by atoms with Gasteiger partial charge < -0.3 is 4.74 Å². The van der Waals surface area contributed by atoms with E-state index in [-0.39, 0.29) is 17.4 Å². The first-order valence-electron chi connectivity index (χ1n) is 6.62. The van der Waals surface area contributed by atoms with E-state index in [9.17, 15) is 8.42 Å². The van der Waals surface area contributed by atoms with Crippen molar-refractivity contribution < 1.29 is 13.2 Å². The minimum atomic E-state index is -2.89. The molecule has 6 heteroatoms. The molecule has 0 spiro atoms. The number of methoxy groups -OCH3 is 1. The number of hydrazine groups is 1. The van der Waals surface area contributed by atoms with Crippen LogP contribution in [0.3, 0.4) is 0 Å². The van der Waals surface area contributed by atoms with Gasteiger partial charge in [-0.3, -0.25) is 11.3 Å². The molecule has 0 saturated heterocycles. The molecule has 1 unspecified atom stereocenters. The lowest BCUT2D eigenvalue weighted by molar-refractivity contribution is -0.0694. The maximum atomic E-state index is 11.1. The second-order valence-electron chi connectivity index (χ2n) is 5.32. The molecule has 1 aliphatic rings. The quantitative estimate of drug-likeness (QED) is 0.536. The SMILES string of the molecule is COC1(C(CCCS(C)(=O)=O)NN)CCCCC1. The number of hydrogen-bond acceptors (Lipinski definition) is 5. The molecular formula is C12H26N2O3S. The fourth-order valence-electron chi connectivity index (χ4n) is 2.89. The van der Waals surface area contributed by atoms with Gasteiger partial charge in [-0.15, -0.1) is 0 Å². The molecule has 5 nitrogen and oxygen atoms in total. The Morgan fingerprint density at radius 3 is 2.39 bits per heavy atom. The fourth-order valence-corrected chi connectivity index (χ4v) is 3.58. The van der Waals surface area contributed by atoms with E-state index in [4.69, 9.17) is 10.6 Å². The molecule has 18 heavy (non-hydrogen) atoms. The van der Waals surface area contributed by atoms with Gasteiger partial charge >= 0.3 is 0 Å². The van der Waals surface area contributed by atoms with E-state index in [1.165, 1.54) is 12.7 Å². The van der Waals surface area contributed by atoms with Gasteiger partial charge in [-0.1, -0.05) is 19.3 Å². The topological polar surface area (TPSA) is 81.4 Å². The van der Waals surface area contributed by atoms with Crippen LogP contribution in [0.2, 0.25) is 0 Å². The lowest BCUT2D eigenvalue weighted by Crippen LogP contribution is -2.55. The molecule has 0 amide bonds. The third kappa shape index (κ3) is 4.50. The molecule has 0 aliphatic heterocycles. The first-order valence-corrected chi connectivity index (χ1v) is 8.68. The normalized spacial score (nSPS) is 21.7. The van der Waals surface area contributed by atoms with Crippen LogP contribution in [0.5, 0.6) is 0 Å². The van der Waals surface area contributed by atoms with Crippen molar-refractivity contribution >= 4 is 9.84 Å². The van der Waals surface area contributed by atoms with Gasteiger partial charge in [0, 0.05) is 19.1 Å². The molecular weight excluding hydrogens is 252 g/mol. The number of hydrogen-bond donors (Lipinski definition) is 2. The number of ether oxygens (including phenoxy) is 1. The van der Waals surface area contributed by atoms with E-state index in [2.05, 4.69) is 5.43 Å². The van der Waals surface area contributed by atoms with E-state index in [0.717, 1.165) is 32.1 Å². The molecule has 108 valence electrons. The predicted octanol–water partition coefficient (Wildman–Crippen LogP) is 0.992. The summed E-state index contributed by atoms with van der Waals surface area (Å²) >= 11 is 0. The van der Waals surface area contributed by atoms with Gasteiger partial charge in [0.25, 0.3) is 0 Å². The summed E-state index contributed by atoms with van der Waals surface area (Å²) in [6.45, 7) is 0. The van der Waals surface area contributed by atoms with Crippen molar-refractivity contribution in [1.29, 1.82) is 0 Å². The van der Waals surface area contributed by atoms with Crippen molar-refractivity contribution in [3.63, 3.8) is 0 Å². The maximum Gasteiger partial charge on any atom is 0.147 e. The minimum Gasteiger partial charge on any atom is -0.377 e. The molecule has 3 N–H and O–H groups in total. The second-order valence-corrected chi connectivity index (χ2v) is 7.58. The Morgan fingerprint density at radius 1 is 1.33 bits per heavy atom. The summed E-state index contributed by atoms with van der Waals surface area (Å²) < 4.78 is 28.0. The molecule has 0 bridgehead atoms. The Balaban J connectivity index is 2.57. The van der Waals surface area contributed by atoms with Crippen LogP contribution < -0.4 is 11.3 Å². The zero-order valence-corrected chi connectivity index (χ0v) is 12.3. The molecule has 0 aromatic carbocycles. The summed E-state index contributed by atoms with van der Waals surface area (Å²) in [6, 6.07) is 0.0320. The fraction of sp³-hybridized carbons (Fsp3) is 1.00. The lowest BCUT2D eigenvalue weighted by atomic mass is 9.78. The van der Waals surface area contributed by atoms with E-state index in [1.807, 2.05) is 0 Å². The molecule has 0 radical (unpaired) electrons. The number of sulfone groups is 1. The van der Waals surface area contributed by atoms with E-state index < -0.39 is 9.84 Å². The van der Waals surface area contributed by atoms with Gasteiger partial charge in [0.1, 0.15) is 9.84 Å². The Bertz CT molecular complexity index is 337. The molecule has 1 fully saturated rings. The number of nitrogens with one attached hydrogen (secondary N) is 1. The Morgan fingerprint density at radius 2 is 1.94 bits per heavy atom. The Hall–Kier alpha value is -0.170. The Kier molecular flexibility index (Phi) is 6.04. The Labute approximate surface area is 110 Å². The van der Waals surface area contributed by atoms with Gasteiger partial charge in [-0.05, 0) is 25.7 Å². The summed E-state index contributed by atoms with van der Waals surface area (Å²) in [5, 5.41) is 0. The smallest absolute Gasteiger partial charge is 0.147 e. The van der Waals surface area contributed by atoms with Crippen molar-refractivity contribution in [1.82, 2.24) is 5.43 Å². The molecule has 0 aromatic heterocycles. The second kappa shape index (κ2) is 6.84. The van der Waals surface area contributed by atoms with Crippen molar-refractivity contribution in [3.8, 4) is 0 Å². The van der Waals surface area contributed by atoms with Crippen LogP contribution in [0.4, 0.5) is 0 Å². The predicted molar refractivity (Wildman–Crippen MR) is 72.9 cm³/mol. The highest BCUT2D eigenvalue weighted by Gasteiger charge is 2.39. The van der Waals surface area contributed by atoms with Crippen molar-refractivity contribution in [2.45, 2.75) is 56.6 Å². The largest absolute Gasteiger partial charge is 0.377 e. The molecule has 1 aliphatic carbocycles. The highest BCUT2D eigenvalue weighted by atomic mass is 32.2. The highest BCUT2D eigenvalue weighted by molar-refractivity contribution is 7.90. The molecule has 1 atom stereocenters. The van der Waals surface area contributed by atoms with Crippen LogP contribution >= 0.6 is 0 Å². The van der Waals surface area contributed by atoms with Crippen LogP contribution in [0, 0.1) is 0 Å². The highest BCUT2D eigenvalue weighted by Crippen LogP contribution is 2.35. The van der Waals surface area contributed by atoms with Crippen molar-refractivity contribution in [2.75, 3.05) is 19.1 Å². The van der Waals surface area contributed by atoms with E-state index >= 15 is 0 Å². The standard InChI is InChI=1S/C12H26N2O3S/c1-17-12(8-4-3-5-9-12)11(14-13)7-6-10-18(2,15)16/h11,14H,3-10,13H2,1-2H3. The van der Waals surface area contributed by atoms with Gasteiger partial charge in [0.05, 0.1) is 11.6 Å². The summed E-state index contributed by atoms with van der Waals surface area (Å²) in [5.74, 6) is 5.85. The third-order valence-corrected chi connectivity index (χ3v) is 4.98. The summed E-state index contributed by atoms with van der Waals surface area (Å²) in [4.78, 5) is 0. The van der Waals surface area contributed by atoms with Gasteiger partial charge in [-0.25, -0.2) is 8.42 Å².